The SMILES string of the molecule is CC(=O)O[C@H]1[C@@H](OC(C)=O)CSC(C(C)=O)[C@H]1O. The Morgan fingerprint density at radius 1 is 1.11 bits per heavy atom. The van der Waals surface area contributed by atoms with Gasteiger partial charge < -0.3 is 14.6 Å². The first kappa shape index (κ1) is 15.0. The molecular formula is C11H16O6S. The van der Waals surface area contributed by atoms with Crippen LogP contribution in [0.3, 0.4) is 0 Å². The smallest absolute Gasteiger partial charge is 0.303 e. The molecule has 0 amide bonds. The van der Waals surface area contributed by atoms with E-state index in [9.17, 15) is 19.5 Å². The van der Waals surface area contributed by atoms with Gasteiger partial charge in [-0.05, 0) is 6.92 Å². The topological polar surface area (TPSA) is 89.9 Å². The number of Topliss-reactive ketones (excluding diaryl/α,β-unsaturated/α-hetero) is 1. The molecule has 0 aromatic rings. The van der Waals surface area contributed by atoms with E-state index in [1.165, 1.54) is 32.5 Å². The number of hydrogen-bond donors (Lipinski definition) is 1. The number of ether oxygens (including phenoxy) is 2. The lowest BCUT2D eigenvalue weighted by Crippen LogP contribution is -2.54. The van der Waals surface area contributed by atoms with Crippen molar-refractivity contribution in [3.63, 3.8) is 0 Å². The molecule has 1 saturated heterocycles. The van der Waals surface area contributed by atoms with E-state index in [0.29, 0.717) is 5.75 Å². The summed E-state index contributed by atoms with van der Waals surface area (Å²) in [6.07, 6.45) is -2.90. The molecule has 1 unspecified atom stereocenters. The van der Waals surface area contributed by atoms with E-state index in [-0.39, 0.29) is 5.78 Å². The number of thioether (sulfide) groups is 1. The van der Waals surface area contributed by atoms with Crippen LogP contribution in [0.1, 0.15) is 20.8 Å². The van der Waals surface area contributed by atoms with Crippen LogP contribution >= 0.6 is 11.8 Å². The van der Waals surface area contributed by atoms with Crippen molar-refractivity contribution in [2.45, 2.75) is 44.3 Å². The number of hydrogen-bond acceptors (Lipinski definition) is 7. The van der Waals surface area contributed by atoms with Gasteiger partial charge in [-0.15, -0.1) is 11.8 Å². The summed E-state index contributed by atoms with van der Waals surface area (Å²) in [4.78, 5) is 33.3. The molecule has 0 radical (unpaired) electrons. The lowest BCUT2D eigenvalue weighted by Gasteiger charge is -2.37. The van der Waals surface area contributed by atoms with Gasteiger partial charge in [-0.25, -0.2) is 0 Å². The minimum Gasteiger partial charge on any atom is -0.458 e. The maximum absolute atomic E-state index is 11.3. The fourth-order valence-corrected chi connectivity index (χ4v) is 3.03. The Bertz CT molecular complexity index is 353. The van der Waals surface area contributed by atoms with Crippen molar-refractivity contribution in [2.24, 2.45) is 0 Å². The van der Waals surface area contributed by atoms with Gasteiger partial charge in [-0.3, -0.25) is 14.4 Å². The molecule has 1 aliphatic rings. The quantitative estimate of drug-likeness (QED) is 0.721. The van der Waals surface area contributed by atoms with Crippen LogP contribution in [0.4, 0.5) is 0 Å². The second kappa shape index (κ2) is 6.19. The molecule has 0 aromatic heterocycles. The zero-order valence-electron chi connectivity index (χ0n) is 10.4. The summed E-state index contributed by atoms with van der Waals surface area (Å²) in [6, 6.07) is 0. The van der Waals surface area contributed by atoms with Gasteiger partial charge in [0.25, 0.3) is 0 Å². The van der Waals surface area contributed by atoms with E-state index in [0.717, 1.165) is 0 Å². The van der Waals surface area contributed by atoms with Crippen molar-refractivity contribution in [1.82, 2.24) is 0 Å². The third kappa shape index (κ3) is 3.71. The fourth-order valence-electron chi connectivity index (χ4n) is 1.79. The predicted molar refractivity (Wildman–Crippen MR) is 64.0 cm³/mol. The van der Waals surface area contributed by atoms with Crippen LogP contribution < -0.4 is 0 Å². The van der Waals surface area contributed by atoms with Crippen LogP contribution in [0.15, 0.2) is 0 Å². The summed E-state index contributed by atoms with van der Waals surface area (Å²) < 4.78 is 9.96. The highest BCUT2D eigenvalue weighted by atomic mass is 32.2. The second-order valence-electron chi connectivity index (χ2n) is 4.08. The van der Waals surface area contributed by atoms with Crippen LogP contribution in [0.5, 0.6) is 0 Å². The Morgan fingerprint density at radius 2 is 1.67 bits per heavy atom. The number of aliphatic hydroxyl groups is 1. The molecule has 1 heterocycles. The average Bonchev–Trinajstić information content (AvgIpc) is 2.21. The molecule has 0 aliphatic carbocycles. The highest BCUT2D eigenvalue weighted by molar-refractivity contribution is 8.00. The van der Waals surface area contributed by atoms with Gasteiger partial charge in [-0.1, -0.05) is 0 Å². The van der Waals surface area contributed by atoms with Gasteiger partial charge in [0.15, 0.2) is 12.2 Å². The molecule has 7 heteroatoms. The Labute approximate surface area is 109 Å². The summed E-state index contributed by atoms with van der Waals surface area (Å²) >= 11 is 1.19. The van der Waals surface area contributed by atoms with Gasteiger partial charge in [0, 0.05) is 19.6 Å². The lowest BCUT2D eigenvalue weighted by atomic mass is 10.0. The zero-order chi connectivity index (χ0) is 13.9. The van der Waals surface area contributed by atoms with Crippen LogP contribution in [-0.4, -0.2) is 52.1 Å². The summed E-state index contributed by atoms with van der Waals surface area (Å²) in [6.45, 7) is 3.79. The van der Waals surface area contributed by atoms with Gasteiger partial charge in [0.2, 0.25) is 0 Å². The van der Waals surface area contributed by atoms with E-state index in [4.69, 9.17) is 9.47 Å². The molecule has 1 aliphatic heterocycles. The van der Waals surface area contributed by atoms with Gasteiger partial charge in [0.1, 0.15) is 11.9 Å². The molecule has 0 saturated carbocycles. The van der Waals surface area contributed by atoms with E-state index < -0.39 is 35.5 Å². The number of carbonyl (C=O) groups is 3. The maximum Gasteiger partial charge on any atom is 0.303 e. The first-order chi connectivity index (χ1) is 8.32. The third-order valence-electron chi connectivity index (χ3n) is 2.47. The summed E-state index contributed by atoms with van der Waals surface area (Å²) in [7, 11) is 0. The molecule has 4 atom stereocenters. The zero-order valence-corrected chi connectivity index (χ0v) is 11.2. The molecule has 0 aromatic carbocycles. The van der Waals surface area contributed by atoms with Crippen LogP contribution in [0.25, 0.3) is 0 Å². The molecule has 6 nitrogen and oxygen atoms in total. The minimum atomic E-state index is -1.17. The van der Waals surface area contributed by atoms with Gasteiger partial charge in [-0.2, -0.15) is 0 Å². The summed E-state index contributed by atoms with van der Waals surface area (Å²) in [5.74, 6) is -1.01. The minimum absolute atomic E-state index is 0.203. The second-order valence-corrected chi connectivity index (χ2v) is 5.25. The van der Waals surface area contributed by atoms with Crippen LogP contribution in [-0.2, 0) is 23.9 Å². The van der Waals surface area contributed by atoms with Crippen molar-refractivity contribution < 1.29 is 29.0 Å². The highest BCUT2D eigenvalue weighted by Gasteiger charge is 2.44. The summed E-state index contributed by atoms with van der Waals surface area (Å²) in [5.41, 5.74) is 0. The number of esters is 2. The largest absolute Gasteiger partial charge is 0.458 e. The third-order valence-corrected chi connectivity index (χ3v) is 3.96. The molecule has 1 N–H and O–H groups in total. The number of rotatable bonds is 3. The van der Waals surface area contributed by atoms with Gasteiger partial charge >= 0.3 is 11.9 Å². The number of ketones is 1. The monoisotopic (exact) mass is 276 g/mol. The maximum atomic E-state index is 11.3. The number of carbonyl (C=O) groups excluding carboxylic acids is 3. The van der Waals surface area contributed by atoms with Crippen molar-refractivity contribution in [1.29, 1.82) is 0 Å². The van der Waals surface area contributed by atoms with E-state index >= 15 is 0 Å². The van der Waals surface area contributed by atoms with Gasteiger partial charge in [0.05, 0.1) is 5.25 Å². The normalized spacial score (nSPS) is 31.6. The van der Waals surface area contributed by atoms with Crippen LogP contribution in [0, 0.1) is 0 Å². The predicted octanol–water partition coefficient (Wildman–Crippen LogP) is -0.0849. The van der Waals surface area contributed by atoms with E-state index in [2.05, 4.69) is 0 Å². The summed E-state index contributed by atoms with van der Waals surface area (Å²) in [5, 5.41) is 9.36. The average molecular weight is 276 g/mol. The Balaban J connectivity index is 2.84. The molecule has 0 spiro atoms. The highest BCUT2D eigenvalue weighted by Crippen LogP contribution is 2.30. The molecule has 1 rings (SSSR count). The Hall–Kier alpha value is -1.08. The van der Waals surface area contributed by atoms with Crippen molar-refractivity contribution in [3.05, 3.63) is 0 Å². The standard InChI is InChI=1S/C11H16O6S/c1-5(12)11-9(15)10(17-7(3)14)8(4-18-11)16-6(2)13/h8-11,15H,4H2,1-3H3/t8-,9-,10-,11?/m0/s1. The van der Waals surface area contributed by atoms with Crippen molar-refractivity contribution >= 4 is 29.5 Å². The first-order valence-corrected chi connectivity index (χ1v) is 6.52. The molecular weight excluding hydrogens is 260 g/mol. The van der Waals surface area contributed by atoms with Crippen molar-refractivity contribution in [3.8, 4) is 0 Å². The number of aliphatic hydroxyl groups excluding tert-OH is 1. The first-order valence-electron chi connectivity index (χ1n) is 5.47. The van der Waals surface area contributed by atoms with Crippen LogP contribution in [0.2, 0.25) is 0 Å². The molecule has 0 bridgehead atoms. The molecule has 18 heavy (non-hydrogen) atoms. The molecule has 102 valence electrons. The van der Waals surface area contributed by atoms with E-state index in [1.54, 1.807) is 0 Å². The lowest BCUT2D eigenvalue weighted by molar-refractivity contribution is -0.173. The Morgan fingerprint density at radius 3 is 2.11 bits per heavy atom. The Kier molecular flexibility index (Phi) is 5.15. The fraction of sp³-hybridized carbons (Fsp3) is 0.727. The van der Waals surface area contributed by atoms with E-state index in [1.807, 2.05) is 0 Å². The molecule has 1 fully saturated rings. The van der Waals surface area contributed by atoms with Crippen molar-refractivity contribution in [2.75, 3.05) is 5.75 Å².